The molecule has 0 unspecified atom stereocenters. The number of hydrogen-bond acceptors (Lipinski definition) is 4. The summed E-state index contributed by atoms with van der Waals surface area (Å²) in [6, 6.07) is 7.64. The Balaban J connectivity index is 2.64. The average molecular weight is 217 g/mol. The molecule has 0 radical (unpaired) electrons. The fourth-order valence-corrected chi connectivity index (χ4v) is 1.77. The van der Waals surface area contributed by atoms with E-state index in [9.17, 15) is 0 Å². The second kappa shape index (κ2) is 3.10. The van der Waals surface area contributed by atoms with Gasteiger partial charge >= 0.3 is 0 Å². The average Bonchev–Trinajstić information content (AvgIpc) is 2.29. The maximum Gasteiger partial charge on any atom is 0.187 e. The van der Waals surface area contributed by atoms with E-state index in [4.69, 9.17) is 11.6 Å². The van der Waals surface area contributed by atoms with Crippen molar-refractivity contribution in [2.45, 2.75) is 0 Å². The largest absolute Gasteiger partial charge is 0.224 e. The van der Waals surface area contributed by atoms with Crippen LogP contribution in [0.2, 0.25) is 5.15 Å². The molecule has 2 aromatic heterocycles. The summed E-state index contributed by atoms with van der Waals surface area (Å²) in [6.07, 6.45) is 1.38. The van der Waals surface area contributed by atoms with E-state index in [2.05, 4.69) is 20.2 Å². The molecule has 0 aliphatic rings. The molecule has 0 saturated carbocycles. The van der Waals surface area contributed by atoms with E-state index in [-0.39, 0.29) is 0 Å². The normalized spacial score (nSPS) is 11.0. The lowest BCUT2D eigenvalue weighted by Crippen LogP contribution is -1.92. The highest BCUT2D eigenvalue weighted by molar-refractivity contribution is 6.36. The van der Waals surface area contributed by atoms with Gasteiger partial charge in [-0.2, -0.15) is 0 Å². The summed E-state index contributed by atoms with van der Waals surface area (Å²) in [5.41, 5.74) is 1.32. The summed E-state index contributed by atoms with van der Waals surface area (Å²) >= 11 is 6.02. The van der Waals surface area contributed by atoms with Crippen molar-refractivity contribution < 1.29 is 0 Å². The van der Waals surface area contributed by atoms with Gasteiger partial charge in [-0.05, 0) is 6.07 Å². The summed E-state index contributed by atoms with van der Waals surface area (Å²) in [5.74, 6) is 0. The third kappa shape index (κ3) is 1.22. The molecule has 3 rings (SSSR count). The molecule has 2 heterocycles. The predicted molar refractivity (Wildman–Crippen MR) is 57.6 cm³/mol. The zero-order valence-electron chi connectivity index (χ0n) is 7.55. The summed E-state index contributed by atoms with van der Waals surface area (Å²) in [5, 5.41) is 10.1. The molecule has 0 fully saturated rings. The molecular weight excluding hydrogens is 212 g/mol. The number of rotatable bonds is 0. The maximum atomic E-state index is 6.02. The number of nitrogens with zero attached hydrogens (tertiary/aromatic N) is 4. The molecule has 0 saturated heterocycles. The van der Waals surface area contributed by atoms with Gasteiger partial charge in [0.15, 0.2) is 5.65 Å². The van der Waals surface area contributed by atoms with Crippen molar-refractivity contribution in [3.05, 3.63) is 35.7 Å². The van der Waals surface area contributed by atoms with E-state index in [1.165, 1.54) is 6.33 Å². The van der Waals surface area contributed by atoms with E-state index >= 15 is 0 Å². The molecule has 72 valence electrons. The first-order valence-electron chi connectivity index (χ1n) is 4.38. The minimum absolute atomic E-state index is 0.408. The second-order valence-electron chi connectivity index (χ2n) is 3.08. The van der Waals surface area contributed by atoms with Crippen LogP contribution in [-0.2, 0) is 0 Å². The van der Waals surface area contributed by atoms with Crippen molar-refractivity contribution in [3.8, 4) is 0 Å². The van der Waals surface area contributed by atoms with Crippen LogP contribution in [0.5, 0.6) is 0 Å². The van der Waals surface area contributed by atoms with Crippen LogP contribution < -0.4 is 0 Å². The van der Waals surface area contributed by atoms with Gasteiger partial charge in [0.05, 0.1) is 10.9 Å². The van der Waals surface area contributed by atoms with E-state index in [1.807, 2.05) is 24.3 Å². The first kappa shape index (κ1) is 8.49. The molecule has 0 aliphatic carbocycles. The molecule has 5 heteroatoms. The number of benzene rings is 1. The zero-order chi connectivity index (χ0) is 10.3. The van der Waals surface area contributed by atoms with Crippen LogP contribution in [0.15, 0.2) is 30.6 Å². The van der Waals surface area contributed by atoms with Crippen LogP contribution in [0.25, 0.3) is 21.9 Å². The van der Waals surface area contributed by atoms with Gasteiger partial charge in [0.25, 0.3) is 0 Å². The van der Waals surface area contributed by atoms with Crippen LogP contribution in [-0.4, -0.2) is 20.2 Å². The van der Waals surface area contributed by atoms with Gasteiger partial charge in [-0.3, -0.25) is 0 Å². The molecule has 0 N–H and O–H groups in total. The first-order valence-corrected chi connectivity index (χ1v) is 4.76. The van der Waals surface area contributed by atoms with Crippen molar-refractivity contribution in [1.82, 2.24) is 20.2 Å². The third-order valence-corrected chi connectivity index (χ3v) is 2.49. The quantitative estimate of drug-likeness (QED) is 0.427. The molecule has 0 atom stereocenters. The molecule has 3 aromatic rings. The maximum absolute atomic E-state index is 6.02. The molecule has 4 nitrogen and oxygen atoms in total. The lowest BCUT2D eigenvalue weighted by atomic mass is 10.2. The van der Waals surface area contributed by atoms with E-state index in [0.29, 0.717) is 10.8 Å². The smallest absolute Gasteiger partial charge is 0.187 e. The summed E-state index contributed by atoms with van der Waals surface area (Å²) in [7, 11) is 0. The Hall–Kier alpha value is -1.81. The standard InChI is InChI=1S/C10H5ClN4/c11-9-8-6-3-1-2-4-7(6)14-15-10(8)13-5-12-9/h1-5H. The van der Waals surface area contributed by atoms with Gasteiger partial charge in [-0.25, -0.2) is 9.97 Å². The molecule has 15 heavy (non-hydrogen) atoms. The van der Waals surface area contributed by atoms with Crippen LogP contribution in [0.3, 0.4) is 0 Å². The fourth-order valence-electron chi connectivity index (χ4n) is 1.54. The number of aromatic nitrogens is 4. The Morgan fingerprint density at radius 3 is 2.80 bits per heavy atom. The molecular formula is C10H5ClN4. The van der Waals surface area contributed by atoms with E-state index in [1.54, 1.807) is 0 Å². The second-order valence-corrected chi connectivity index (χ2v) is 3.44. The highest BCUT2D eigenvalue weighted by atomic mass is 35.5. The first-order chi connectivity index (χ1) is 7.36. The van der Waals surface area contributed by atoms with Crippen LogP contribution in [0, 0.1) is 0 Å². The Kier molecular flexibility index (Phi) is 1.76. The van der Waals surface area contributed by atoms with E-state index in [0.717, 1.165) is 16.3 Å². The summed E-state index contributed by atoms with van der Waals surface area (Å²) in [6.45, 7) is 0. The minimum Gasteiger partial charge on any atom is -0.224 e. The molecule has 0 spiro atoms. The summed E-state index contributed by atoms with van der Waals surface area (Å²) in [4.78, 5) is 7.97. The van der Waals surface area contributed by atoms with Crippen LogP contribution >= 0.6 is 11.6 Å². The highest BCUT2D eigenvalue weighted by Gasteiger charge is 2.07. The van der Waals surface area contributed by atoms with Gasteiger partial charge < -0.3 is 0 Å². The Morgan fingerprint density at radius 2 is 1.87 bits per heavy atom. The molecule has 0 aliphatic heterocycles. The zero-order valence-corrected chi connectivity index (χ0v) is 8.31. The highest BCUT2D eigenvalue weighted by Crippen LogP contribution is 2.24. The van der Waals surface area contributed by atoms with E-state index < -0.39 is 0 Å². The van der Waals surface area contributed by atoms with Crippen LogP contribution in [0.4, 0.5) is 0 Å². The SMILES string of the molecule is Clc1ncnc2nnc3ccccc3c12. The predicted octanol–water partition coefficient (Wildman–Crippen LogP) is 2.23. The fraction of sp³-hybridized carbons (Fsp3) is 0. The molecule has 0 amide bonds. The lowest BCUT2D eigenvalue weighted by molar-refractivity contribution is 1.07. The van der Waals surface area contributed by atoms with Gasteiger partial charge in [-0.1, -0.05) is 29.8 Å². The molecule has 0 bridgehead atoms. The summed E-state index contributed by atoms with van der Waals surface area (Å²) < 4.78 is 0. The van der Waals surface area contributed by atoms with Crippen molar-refractivity contribution >= 4 is 33.5 Å². The van der Waals surface area contributed by atoms with Crippen LogP contribution in [0.1, 0.15) is 0 Å². The van der Waals surface area contributed by atoms with Gasteiger partial charge in [0.2, 0.25) is 0 Å². The van der Waals surface area contributed by atoms with Crippen molar-refractivity contribution in [1.29, 1.82) is 0 Å². The van der Waals surface area contributed by atoms with Gasteiger partial charge in [0, 0.05) is 5.39 Å². The number of halogens is 1. The van der Waals surface area contributed by atoms with Crippen molar-refractivity contribution in [2.75, 3.05) is 0 Å². The Labute approximate surface area is 89.9 Å². The van der Waals surface area contributed by atoms with Gasteiger partial charge in [-0.15, -0.1) is 10.2 Å². The third-order valence-electron chi connectivity index (χ3n) is 2.21. The molecule has 1 aromatic carbocycles. The Bertz CT molecular complexity index is 653. The minimum atomic E-state index is 0.408. The van der Waals surface area contributed by atoms with Crippen molar-refractivity contribution in [3.63, 3.8) is 0 Å². The lowest BCUT2D eigenvalue weighted by Gasteiger charge is -2.01. The van der Waals surface area contributed by atoms with Crippen molar-refractivity contribution in [2.24, 2.45) is 0 Å². The number of hydrogen-bond donors (Lipinski definition) is 0. The number of fused-ring (bicyclic) bond motifs is 3. The van der Waals surface area contributed by atoms with Gasteiger partial charge in [0.1, 0.15) is 11.5 Å². The monoisotopic (exact) mass is 216 g/mol. The Morgan fingerprint density at radius 1 is 1.00 bits per heavy atom. The topological polar surface area (TPSA) is 51.6 Å².